The molecule has 138 valence electrons. The van der Waals surface area contributed by atoms with Crippen molar-refractivity contribution in [2.45, 2.75) is 72.1 Å². The number of nitrogens with one attached hydrogen (secondary N) is 1. The van der Waals surface area contributed by atoms with Crippen molar-refractivity contribution >= 4 is 18.0 Å². The van der Waals surface area contributed by atoms with E-state index < -0.39 is 29.9 Å². The van der Waals surface area contributed by atoms with Gasteiger partial charge in [-0.3, -0.25) is 4.79 Å². The molecule has 1 fully saturated rings. The number of carbonyl (C=O) groups is 3. The van der Waals surface area contributed by atoms with E-state index in [2.05, 4.69) is 5.32 Å². The molecule has 24 heavy (non-hydrogen) atoms. The first-order valence-electron chi connectivity index (χ1n) is 8.48. The third-order valence-corrected chi connectivity index (χ3v) is 4.24. The van der Waals surface area contributed by atoms with E-state index in [1.807, 2.05) is 0 Å². The second kappa shape index (κ2) is 8.35. The largest absolute Gasteiger partial charge is 0.480 e. The van der Waals surface area contributed by atoms with Gasteiger partial charge in [0.05, 0.1) is 5.92 Å². The van der Waals surface area contributed by atoms with Gasteiger partial charge < -0.3 is 19.9 Å². The number of carbonyl (C=O) groups excluding carboxylic acids is 2. The van der Waals surface area contributed by atoms with Crippen molar-refractivity contribution in [3.63, 3.8) is 0 Å². The quantitative estimate of drug-likeness (QED) is 0.519. The number of rotatable bonds is 8. The molecule has 0 unspecified atom stereocenters. The number of hydrogen-bond acceptors (Lipinski definition) is 5. The Hall–Kier alpha value is -1.79. The van der Waals surface area contributed by atoms with Crippen LogP contribution in [0.5, 0.6) is 0 Å². The van der Waals surface area contributed by atoms with E-state index in [0.717, 1.165) is 19.3 Å². The molecule has 0 spiro atoms. The summed E-state index contributed by atoms with van der Waals surface area (Å²) in [6.07, 6.45) is 1.44. The minimum atomic E-state index is -1.40. The molecule has 0 saturated heterocycles. The molecule has 0 aromatic rings. The van der Waals surface area contributed by atoms with Crippen LogP contribution in [0.4, 0.5) is 4.79 Å². The highest BCUT2D eigenvalue weighted by molar-refractivity contribution is 5.84. The predicted octanol–water partition coefficient (Wildman–Crippen LogP) is 2.93. The van der Waals surface area contributed by atoms with Crippen molar-refractivity contribution in [1.82, 2.24) is 5.32 Å². The fraction of sp³-hybridized carbons (Fsp3) is 0.824. The van der Waals surface area contributed by atoms with E-state index in [1.165, 1.54) is 6.92 Å². The van der Waals surface area contributed by atoms with Gasteiger partial charge in [-0.25, -0.2) is 9.59 Å². The summed E-state index contributed by atoms with van der Waals surface area (Å²) in [5.74, 6) is -1.88. The van der Waals surface area contributed by atoms with E-state index in [9.17, 15) is 19.5 Å². The van der Waals surface area contributed by atoms with Gasteiger partial charge >= 0.3 is 18.0 Å². The number of carboxylic acid groups (broad SMARTS) is 1. The lowest BCUT2D eigenvalue weighted by atomic mass is 9.76. The lowest BCUT2D eigenvalue weighted by Gasteiger charge is -2.34. The van der Waals surface area contributed by atoms with Crippen LogP contribution in [0.1, 0.15) is 60.3 Å². The first kappa shape index (κ1) is 20.3. The topological polar surface area (TPSA) is 102 Å². The summed E-state index contributed by atoms with van der Waals surface area (Å²) in [7, 11) is 0. The summed E-state index contributed by atoms with van der Waals surface area (Å²) in [5, 5.41) is 11.9. The first-order chi connectivity index (χ1) is 11.0. The lowest BCUT2D eigenvalue weighted by molar-refractivity contribution is -0.179. The standard InChI is InChI=1S/C17H29NO6/c1-10(2)13(19)23-14(11(3)4)24-16(22)18-17(5,15(20)21)9-12-7-6-8-12/h10-12,14H,6-9H2,1-5H3,(H,18,22)(H,20,21)/t14-,17-/m0/s1. The monoisotopic (exact) mass is 343 g/mol. The maximum atomic E-state index is 12.1. The Kier molecular flexibility index (Phi) is 7.05. The van der Waals surface area contributed by atoms with Crippen LogP contribution in [0.15, 0.2) is 0 Å². The Balaban J connectivity index is 2.67. The van der Waals surface area contributed by atoms with Gasteiger partial charge in [0.15, 0.2) is 0 Å². The summed E-state index contributed by atoms with van der Waals surface area (Å²) >= 11 is 0. The molecule has 0 aromatic heterocycles. The SMILES string of the molecule is CC(C)C(=O)O[C@@H](OC(=O)N[C@@](C)(CC1CCC1)C(=O)O)C(C)C. The molecule has 0 bridgehead atoms. The molecule has 7 nitrogen and oxygen atoms in total. The Bertz CT molecular complexity index is 472. The lowest BCUT2D eigenvalue weighted by Crippen LogP contribution is -2.54. The van der Waals surface area contributed by atoms with Gasteiger partial charge in [-0.1, -0.05) is 47.0 Å². The van der Waals surface area contributed by atoms with Crippen LogP contribution in [0.25, 0.3) is 0 Å². The molecule has 0 aromatic carbocycles. The highest BCUT2D eigenvalue weighted by Gasteiger charge is 2.40. The van der Waals surface area contributed by atoms with Crippen molar-refractivity contribution in [3.05, 3.63) is 0 Å². The second-order valence-electron chi connectivity index (χ2n) is 7.37. The van der Waals surface area contributed by atoms with E-state index >= 15 is 0 Å². The minimum absolute atomic E-state index is 0.249. The smallest absolute Gasteiger partial charge is 0.411 e. The van der Waals surface area contributed by atoms with Crippen molar-refractivity contribution in [3.8, 4) is 0 Å². The molecule has 1 aliphatic rings. The highest BCUT2D eigenvalue weighted by atomic mass is 16.7. The molecule has 7 heteroatoms. The number of alkyl carbamates (subject to hydrolysis) is 1. The van der Waals surface area contributed by atoms with E-state index in [1.54, 1.807) is 27.7 Å². The van der Waals surface area contributed by atoms with E-state index in [0.29, 0.717) is 12.3 Å². The van der Waals surface area contributed by atoms with Gasteiger partial charge in [-0.05, 0) is 19.3 Å². The van der Waals surface area contributed by atoms with Gasteiger partial charge in [0.25, 0.3) is 6.29 Å². The molecule has 1 saturated carbocycles. The Labute approximate surface area is 143 Å². The Morgan fingerprint density at radius 2 is 1.75 bits per heavy atom. The highest BCUT2D eigenvalue weighted by Crippen LogP contribution is 2.34. The van der Waals surface area contributed by atoms with Crippen molar-refractivity contribution in [2.75, 3.05) is 0 Å². The molecule has 0 radical (unpaired) electrons. The number of aliphatic carboxylic acids is 1. The summed E-state index contributed by atoms with van der Waals surface area (Å²) in [5.41, 5.74) is -1.40. The fourth-order valence-corrected chi connectivity index (χ4v) is 2.37. The number of carboxylic acids is 1. The van der Waals surface area contributed by atoms with E-state index in [-0.39, 0.29) is 11.8 Å². The van der Waals surface area contributed by atoms with Crippen LogP contribution >= 0.6 is 0 Å². The van der Waals surface area contributed by atoms with Crippen molar-refractivity contribution in [1.29, 1.82) is 0 Å². The third kappa shape index (κ3) is 5.69. The normalized spacial score (nSPS) is 18.5. The summed E-state index contributed by atoms with van der Waals surface area (Å²) in [6, 6.07) is 0. The average molecular weight is 343 g/mol. The number of hydrogen-bond donors (Lipinski definition) is 2. The maximum Gasteiger partial charge on any atom is 0.411 e. The summed E-state index contributed by atoms with van der Waals surface area (Å²) in [6.45, 7) is 8.33. The molecule has 2 atom stereocenters. The fourth-order valence-electron chi connectivity index (χ4n) is 2.37. The van der Waals surface area contributed by atoms with Crippen LogP contribution in [0.3, 0.4) is 0 Å². The average Bonchev–Trinajstić information content (AvgIpc) is 2.41. The third-order valence-electron chi connectivity index (χ3n) is 4.24. The molecule has 1 amide bonds. The molecule has 0 aliphatic heterocycles. The minimum Gasteiger partial charge on any atom is -0.480 e. The Morgan fingerprint density at radius 1 is 1.17 bits per heavy atom. The molecular formula is C17H29NO6. The van der Waals surface area contributed by atoms with Gasteiger partial charge in [-0.15, -0.1) is 0 Å². The molecular weight excluding hydrogens is 314 g/mol. The number of amides is 1. The van der Waals surface area contributed by atoms with Crippen LogP contribution < -0.4 is 5.32 Å². The summed E-state index contributed by atoms with van der Waals surface area (Å²) in [4.78, 5) is 35.4. The predicted molar refractivity (Wildman–Crippen MR) is 87.2 cm³/mol. The molecule has 1 aliphatic carbocycles. The second-order valence-corrected chi connectivity index (χ2v) is 7.37. The van der Waals surface area contributed by atoms with Gasteiger partial charge in [0.2, 0.25) is 0 Å². The van der Waals surface area contributed by atoms with Gasteiger partial charge in [0, 0.05) is 5.92 Å². The van der Waals surface area contributed by atoms with Crippen LogP contribution in [0.2, 0.25) is 0 Å². The van der Waals surface area contributed by atoms with Crippen molar-refractivity contribution < 1.29 is 29.0 Å². The maximum absolute atomic E-state index is 12.1. The molecule has 2 N–H and O–H groups in total. The van der Waals surface area contributed by atoms with E-state index in [4.69, 9.17) is 9.47 Å². The van der Waals surface area contributed by atoms with Crippen molar-refractivity contribution in [2.24, 2.45) is 17.8 Å². The zero-order valence-corrected chi connectivity index (χ0v) is 15.1. The van der Waals surface area contributed by atoms with Gasteiger partial charge in [-0.2, -0.15) is 0 Å². The van der Waals surface area contributed by atoms with Gasteiger partial charge in [0.1, 0.15) is 5.54 Å². The molecule has 1 rings (SSSR count). The zero-order chi connectivity index (χ0) is 18.5. The number of ether oxygens (including phenoxy) is 2. The van der Waals surface area contributed by atoms with Crippen LogP contribution in [-0.2, 0) is 19.1 Å². The summed E-state index contributed by atoms with van der Waals surface area (Å²) < 4.78 is 10.3. The van der Waals surface area contributed by atoms with Crippen LogP contribution in [-0.4, -0.2) is 35.0 Å². The number of esters is 1. The zero-order valence-electron chi connectivity index (χ0n) is 15.1. The van der Waals surface area contributed by atoms with Crippen LogP contribution in [0, 0.1) is 17.8 Å². The molecule has 0 heterocycles. The first-order valence-corrected chi connectivity index (χ1v) is 8.48. The Morgan fingerprint density at radius 3 is 2.12 bits per heavy atom.